The third kappa shape index (κ3) is 4.30. The highest BCUT2D eigenvalue weighted by Gasteiger charge is 2.12. The van der Waals surface area contributed by atoms with Crippen molar-refractivity contribution in [2.24, 2.45) is 0 Å². The molecule has 0 atom stereocenters. The highest BCUT2D eigenvalue weighted by atomic mass is 35.5. The standard InChI is InChI=1S/C18H17ClN4O2S/c1-25-15-7-5-13(6-8-15)17-21-22-18(26)23(17)11-16(24)20-10-12-3-2-4-14(19)9-12/h2-9H,10-11H2,1H3,(H,20,24)(H,22,26). The summed E-state index contributed by atoms with van der Waals surface area (Å²) in [5, 5.41) is 10.5. The first-order valence-electron chi connectivity index (χ1n) is 7.87. The van der Waals surface area contributed by atoms with Gasteiger partial charge < -0.3 is 10.1 Å². The van der Waals surface area contributed by atoms with Gasteiger partial charge in [-0.15, -0.1) is 0 Å². The number of nitrogens with zero attached hydrogens (tertiary/aromatic N) is 2. The predicted molar refractivity (Wildman–Crippen MR) is 103 cm³/mol. The Balaban J connectivity index is 1.72. The van der Waals surface area contributed by atoms with Crippen molar-refractivity contribution in [3.63, 3.8) is 0 Å². The molecule has 0 bridgehead atoms. The van der Waals surface area contributed by atoms with Crippen LogP contribution in [0.5, 0.6) is 5.75 Å². The van der Waals surface area contributed by atoms with E-state index in [9.17, 15) is 4.79 Å². The number of aromatic nitrogens is 3. The molecular formula is C18H17ClN4O2S. The van der Waals surface area contributed by atoms with Gasteiger partial charge in [0.05, 0.1) is 7.11 Å². The van der Waals surface area contributed by atoms with E-state index in [0.717, 1.165) is 16.9 Å². The second-order valence-electron chi connectivity index (χ2n) is 5.57. The van der Waals surface area contributed by atoms with Crippen LogP contribution in [0, 0.1) is 4.77 Å². The Hall–Kier alpha value is -2.64. The lowest BCUT2D eigenvalue weighted by molar-refractivity contribution is -0.121. The van der Waals surface area contributed by atoms with Gasteiger partial charge in [0.15, 0.2) is 10.6 Å². The van der Waals surface area contributed by atoms with Crippen molar-refractivity contribution in [3.05, 3.63) is 63.9 Å². The van der Waals surface area contributed by atoms with Gasteiger partial charge in [0.1, 0.15) is 12.3 Å². The van der Waals surface area contributed by atoms with Gasteiger partial charge >= 0.3 is 0 Å². The summed E-state index contributed by atoms with van der Waals surface area (Å²) in [6.45, 7) is 0.458. The summed E-state index contributed by atoms with van der Waals surface area (Å²) in [5.41, 5.74) is 1.76. The zero-order chi connectivity index (χ0) is 18.5. The summed E-state index contributed by atoms with van der Waals surface area (Å²) >= 11 is 11.2. The molecule has 3 rings (SSSR count). The number of carbonyl (C=O) groups excluding carboxylic acids is 1. The van der Waals surface area contributed by atoms with Crippen LogP contribution < -0.4 is 10.1 Å². The molecule has 0 fully saturated rings. The number of ether oxygens (including phenoxy) is 1. The van der Waals surface area contributed by atoms with Crippen molar-refractivity contribution < 1.29 is 9.53 Å². The molecule has 2 aromatic carbocycles. The first-order chi connectivity index (χ1) is 12.6. The van der Waals surface area contributed by atoms with E-state index < -0.39 is 0 Å². The van der Waals surface area contributed by atoms with Crippen LogP contribution in [0.25, 0.3) is 11.4 Å². The van der Waals surface area contributed by atoms with Crippen molar-refractivity contribution in [1.82, 2.24) is 20.1 Å². The molecule has 0 saturated carbocycles. The van der Waals surface area contributed by atoms with E-state index in [1.165, 1.54) is 0 Å². The van der Waals surface area contributed by atoms with E-state index in [2.05, 4.69) is 15.5 Å². The lowest BCUT2D eigenvalue weighted by atomic mass is 10.2. The number of amides is 1. The Kier molecular flexibility index (Phi) is 5.70. The monoisotopic (exact) mass is 388 g/mol. The lowest BCUT2D eigenvalue weighted by Crippen LogP contribution is -2.27. The summed E-state index contributed by atoms with van der Waals surface area (Å²) in [5.74, 6) is 1.17. The van der Waals surface area contributed by atoms with Gasteiger partial charge in [-0.2, -0.15) is 5.10 Å². The normalized spacial score (nSPS) is 10.5. The number of halogens is 1. The first-order valence-corrected chi connectivity index (χ1v) is 8.66. The second kappa shape index (κ2) is 8.16. The second-order valence-corrected chi connectivity index (χ2v) is 6.40. The fraction of sp³-hybridized carbons (Fsp3) is 0.167. The SMILES string of the molecule is COc1ccc(-c2n[nH]c(=S)n2CC(=O)NCc2cccc(Cl)c2)cc1. The Morgan fingerprint density at radius 3 is 2.77 bits per heavy atom. The molecule has 2 N–H and O–H groups in total. The van der Waals surface area contributed by atoms with Crippen molar-refractivity contribution in [2.75, 3.05) is 7.11 Å². The number of rotatable bonds is 6. The van der Waals surface area contributed by atoms with E-state index in [-0.39, 0.29) is 12.5 Å². The zero-order valence-corrected chi connectivity index (χ0v) is 15.6. The van der Waals surface area contributed by atoms with Crippen LogP contribution in [0.3, 0.4) is 0 Å². The smallest absolute Gasteiger partial charge is 0.240 e. The van der Waals surface area contributed by atoms with E-state index >= 15 is 0 Å². The zero-order valence-electron chi connectivity index (χ0n) is 14.0. The number of aromatic amines is 1. The molecule has 26 heavy (non-hydrogen) atoms. The van der Waals surface area contributed by atoms with E-state index in [1.807, 2.05) is 42.5 Å². The van der Waals surface area contributed by atoms with E-state index in [1.54, 1.807) is 17.7 Å². The lowest BCUT2D eigenvalue weighted by Gasteiger charge is -2.09. The molecule has 0 unspecified atom stereocenters. The van der Waals surface area contributed by atoms with Crippen LogP contribution in [-0.4, -0.2) is 27.8 Å². The van der Waals surface area contributed by atoms with Gasteiger partial charge in [0, 0.05) is 17.1 Å². The molecular weight excluding hydrogens is 372 g/mol. The number of carbonyl (C=O) groups is 1. The molecule has 3 aromatic rings. The Morgan fingerprint density at radius 2 is 2.08 bits per heavy atom. The molecule has 1 heterocycles. The molecule has 1 amide bonds. The Labute approximate surface area is 160 Å². The van der Waals surface area contributed by atoms with Crippen LogP contribution in [0.4, 0.5) is 0 Å². The van der Waals surface area contributed by atoms with Gasteiger partial charge in [-0.05, 0) is 54.2 Å². The Morgan fingerprint density at radius 1 is 1.31 bits per heavy atom. The maximum atomic E-state index is 12.3. The summed E-state index contributed by atoms with van der Waals surface area (Å²) in [6.07, 6.45) is 0. The number of hydrogen-bond donors (Lipinski definition) is 2. The summed E-state index contributed by atoms with van der Waals surface area (Å²) in [4.78, 5) is 12.3. The minimum atomic E-state index is -0.169. The van der Waals surface area contributed by atoms with Crippen LogP contribution in [0.2, 0.25) is 5.02 Å². The summed E-state index contributed by atoms with van der Waals surface area (Å²) < 4.78 is 7.20. The number of H-pyrrole nitrogens is 1. The average molecular weight is 389 g/mol. The molecule has 134 valence electrons. The maximum Gasteiger partial charge on any atom is 0.240 e. The number of hydrogen-bond acceptors (Lipinski definition) is 4. The fourth-order valence-electron chi connectivity index (χ4n) is 2.47. The fourth-order valence-corrected chi connectivity index (χ4v) is 2.88. The quantitative estimate of drug-likeness (QED) is 0.633. The minimum absolute atomic E-state index is 0.0667. The first kappa shape index (κ1) is 18.2. The maximum absolute atomic E-state index is 12.3. The van der Waals surface area contributed by atoms with Gasteiger partial charge in [-0.3, -0.25) is 14.5 Å². The number of benzene rings is 2. The number of nitrogens with one attached hydrogen (secondary N) is 2. The van der Waals surface area contributed by atoms with Gasteiger partial charge in [0.25, 0.3) is 0 Å². The summed E-state index contributed by atoms with van der Waals surface area (Å²) in [7, 11) is 1.61. The molecule has 6 nitrogen and oxygen atoms in total. The molecule has 0 saturated heterocycles. The topological polar surface area (TPSA) is 71.9 Å². The van der Waals surface area contributed by atoms with Gasteiger partial charge in [-0.25, -0.2) is 0 Å². The van der Waals surface area contributed by atoms with Crippen molar-refractivity contribution in [3.8, 4) is 17.1 Å². The largest absolute Gasteiger partial charge is 0.497 e. The number of methoxy groups -OCH3 is 1. The Bertz CT molecular complexity index is 966. The molecule has 0 spiro atoms. The average Bonchev–Trinajstić information content (AvgIpc) is 3.01. The van der Waals surface area contributed by atoms with E-state index in [0.29, 0.717) is 22.2 Å². The molecule has 0 radical (unpaired) electrons. The van der Waals surface area contributed by atoms with Crippen LogP contribution in [0.1, 0.15) is 5.56 Å². The van der Waals surface area contributed by atoms with Gasteiger partial charge in [-0.1, -0.05) is 23.7 Å². The van der Waals surface area contributed by atoms with Crippen molar-refractivity contribution in [2.45, 2.75) is 13.1 Å². The third-order valence-electron chi connectivity index (χ3n) is 3.79. The molecule has 8 heteroatoms. The van der Waals surface area contributed by atoms with Crippen molar-refractivity contribution >= 4 is 29.7 Å². The van der Waals surface area contributed by atoms with E-state index in [4.69, 9.17) is 28.6 Å². The predicted octanol–water partition coefficient (Wildman–Crippen LogP) is 3.59. The van der Waals surface area contributed by atoms with Gasteiger partial charge in [0.2, 0.25) is 5.91 Å². The highest BCUT2D eigenvalue weighted by Crippen LogP contribution is 2.20. The van der Waals surface area contributed by atoms with Crippen LogP contribution >= 0.6 is 23.8 Å². The van der Waals surface area contributed by atoms with Crippen molar-refractivity contribution in [1.29, 1.82) is 0 Å². The molecule has 0 aliphatic heterocycles. The van der Waals surface area contributed by atoms with Crippen LogP contribution in [0.15, 0.2) is 48.5 Å². The molecule has 0 aliphatic rings. The third-order valence-corrected chi connectivity index (χ3v) is 4.33. The van der Waals surface area contributed by atoms with Crippen LogP contribution in [-0.2, 0) is 17.9 Å². The minimum Gasteiger partial charge on any atom is -0.497 e. The molecule has 0 aliphatic carbocycles. The highest BCUT2D eigenvalue weighted by molar-refractivity contribution is 7.71. The summed E-state index contributed by atoms with van der Waals surface area (Å²) in [6, 6.07) is 14.7. The molecule has 1 aromatic heterocycles.